The summed E-state index contributed by atoms with van der Waals surface area (Å²) in [5.41, 5.74) is 7.47. The quantitative estimate of drug-likeness (QED) is 0.921. The SMILES string of the molecule is Cn1c(-c2ccc(Cl)cc2Cl)ccc(CN)c1=O. The number of hydrogen-bond donors (Lipinski definition) is 1. The molecule has 1 aromatic carbocycles. The third kappa shape index (κ3) is 2.29. The Hall–Kier alpha value is -1.29. The van der Waals surface area contributed by atoms with Crippen LogP contribution in [0.2, 0.25) is 10.0 Å². The summed E-state index contributed by atoms with van der Waals surface area (Å²) in [6.07, 6.45) is 0. The molecule has 3 nitrogen and oxygen atoms in total. The smallest absolute Gasteiger partial charge is 0.255 e. The number of nitrogens with zero attached hydrogens (tertiary/aromatic N) is 1. The molecule has 0 aliphatic heterocycles. The van der Waals surface area contributed by atoms with Gasteiger partial charge in [0.2, 0.25) is 0 Å². The number of hydrogen-bond acceptors (Lipinski definition) is 2. The van der Waals surface area contributed by atoms with Gasteiger partial charge in [-0.1, -0.05) is 29.3 Å². The molecule has 18 heavy (non-hydrogen) atoms. The molecule has 0 atom stereocenters. The first-order valence-corrected chi connectivity index (χ1v) is 6.14. The Balaban J connectivity index is 2.65. The normalized spacial score (nSPS) is 10.7. The summed E-state index contributed by atoms with van der Waals surface area (Å²) in [6.45, 7) is 0.224. The highest BCUT2D eigenvalue weighted by Crippen LogP contribution is 2.29. The number of rotatable bonds is 2. The standard InChI is InChI=1S/C13H12Cl2N2O/c1-17-12(5-2-8(7-16)13(17)18)10-4-3-9(14)6-11(10)15/h2-6H,7,16H2,1H3. The molecule has 0 fully saturated rings. The maximum atomic E-state index is 12.0. The van der Waals surface area contributed by atoms with Gasteiger partial charge in [-0.2, -0.15) is 0 Å². The lowest BCUT2D eigenvalue weighted by atomic mass is 10.1. The van der Waals surface area contributed by atoms with E-state index in [0.29, 0.717) is 15.6 Å². The molecule has 2 aromatic rings. The summed E-state index contributed by atoms with van der Waals surface area (Å²) in [5.74, 6) is 0. The molecule has 0 saturated heterocycles. The average Bonchev–Trinajstić information content (AvgIpc) is 2.34. The van der Waals surface area contributed by atoms with E-state index in [2.05, 4.69) is 0 Å². The lowest BCUT2D eigenvalue weighted by molar-refractivity contribution is 0.839. The Kier molecular flexibility index (Phi) is 3.76. The number of benzene rings is 1. The Morgan fingerprint density at radius 3 is 2.56 bits per heavy atom. The highest BCUT2D eigenvalue weighted by atomic mass is 35.5. The zero-order valence-corrected chi connectivity index (χ0v) is 11.3. The molecule has 0 spiro atoms. The van der Waals surface area contributed by atoms with Crippen LogP contribution in [-0.2, 0) is 13.6 Å². The second kappa shape index (κ2) is 5.14. The van der Waals surface area contributed by atoms with Gasteiger partial charge in [-0.05, 0) is 24.3 Å². The number of halogens is 2. The molecule has 0 aliphatic rings. The molecule has 0 aliphatic carbocycles. The number of nitrogens with two attached hydrogens (primary N) is 1. The highest BCUT2D eigenvalue weighted by molar-refractivity contribution is 6.36. The average molecular weight is 283 g/mol. The first kappa shape index (κ1) is 13.1. The van der Waals surface area contributed by atoms with Gasteiger partial charge in [-0.25, -0.2) is 0 Å². The summed E-state index contributed by atoms with van der Waals surface area (Å²) in [7, 11) is 1.70. The van der Waals surface area contributed by atoms with Crippen LogP contribution < -0.4 is 11.3 Å². The van der Waals surface area contributed by atoms with Crippen molar-refractivity contribution in [3.63, 3.8) is 0 Å². The lowest BCUT2D eigenvalue weighted by Crippen LogP contribution is -2.24. The van der Waals surface area contributed by atoms with Crippen molar-refractivity contribution in [2.75, 3.05) is 0 Å². The van der Waals surface area contributed by atoms with Crippen LogP contribution in [0, 0.1) is 0 Å². The van der Waals surface area contributed by atoms with E-state index < -0.39 is 0 Å². The Labute approximate surface area is 115 Å². The summed E-state index contributed by atoms with van der Waals surface area (Å²) in [6, 6.07) is 8.74. The van der Waals surface area contributed by atoms with Gasteiger partial charge in [-0.3, -0.25) is 4.79 Å². The molecular weight excluding hydrogens is 271 g/mol. The summed E-state index contributed by atoms with van der Waals surface area (Å²) < 4.78 is 1.54. The van der Waals surface area contributed by atoms with Crippen LogP contribution >= 0.6 is 23.2 Å². The van der Waals surface area contributed by atoms with E-state index in [9.17, 15) is 4.79 Å². The zero-order valence-electron chi connectivity index (χ0n) is 9.78. The predicted octanol–water partition coefficient (Wildman–Crippen LogP) is 2.82. The minimum Gasteiger partial charge on any atom is -0.326 e. The van der Waals surface area contributed by atoms with Crippen molar-refractivity contribution in [2.45, 2.75) is 6.54 Å². The fourth-order valence-electron chi connectivity index (χ4n) is 1.81. The molecule has 1 aromatic heterocycles. The molecule has 0 bridgehead atoms. The lowest BCUT2D eigenvalue weighted by Gasteiger charge is -2.11. The van der Waals surface area contributed by atoms with Crippen molar-refractivity contribution in [3.8, 4) is 11.3 Å². The van der Waals surface area contributed by atoms with Crippen LogP contribution in [-0.4, -0.2) is 4.57 Å². The fraction of sp³-hybridized carbons (Fsp3) is 0.154. The van der Waals surface area contributed by atoms with Crippen LogP contribution in [0.15, 0.2) is 35.1 Å². The van der Waals surface area contributed by atoms with Crippen LogP contribution in [0.5, 0.6) is 0 Å². The van der Waals surface area contributed by atoms with Gasteiger partial charge in [0.05, 0.1) is 10.7 Å². The molecule has 0 saturated carbocycles. The molecule has 0 radical (unpaired) electrons. The largest absolute Gasteiger partial charge is 0.326 e. The highest BCUT2D eigenvalue weighted by Gasteiger charge is 2.10. The van der Waals surface area contributed by atoms with E-state index in [-0.39, 0.29) is 12.1 Å². The molecule has 2 rings (SSSR count). The maximum absolute atomic E-state index is 12.0. The van der Waals surface area contributed by atoms with Crippen LogP contribution in [0.4, 0.5) is 0 Å². The molecule has 94 valence electrons. The Morgan fingerprint density at radius 1 is 1.22 bits per heavy atom. The third-order valence-electron chi connectivity index (χ3n) is 2.81. The first-order chi connectivity index (χ1) is 8.54. The summed E-state index contributed by atoms with van der Waals surface area (Å²) >= 11 is 12.0. The first-order valence-electron chi connectivity index (χ1n) is 5.39. The Morgan fingerprint density at radius 2 is 1.94 bits per heavy atom. The molecule has 1 heterocycles. The topological polar surface area (TPSA) is 48.0 Å². The molecule has 5 heteroatoms. The van der Waals surface area contributed by atoms with Crippen molar-refractivity contribution in [1.82, 2.24) is 4.57 Å². The number of pyridine rings is 1. The van der Waals surface area contributed by atoms with Gasteiger partial charge < -0.3 is 10.3 Å². The molecular formula is C13H12Cl2N2O. The van der Waals surface area contributed by atoms with Crippen molar-refractivity contribution in [1.29, 1.82) is 0 Å². The summed E-state index contributed by atoms with van der Waals surface area (Å²) in [5, 5.41) is 1.07. The van der Waals surface area contributed by atoms with Gasteiger partial charge >= 0.3 is 0 Å². The minimum atomic E-state index is -0.110. The Bertz CT molecular complexity index is 650. The van der Waals surface area contributed by atoms with Crippen LogP contribution in [0.1, 0.15) is 5.56 Å². The fourth-order valence-corrected chi connectivity index (χ4v) is 2.32. The third-order valence-corrected chi connectivity index (χ3v) is 3.36. The zero-order chi connectivity index (χ0) is 13.3. The van der Waals surface area contributed by atoms with E-state index in [1.54, 1.807) is 31.3 Å². The van der Waals surface area contributed by atoms with E-state index >= 15 is 0 Å². The van der Waals surface area contributed by atoms with E-state index in [1.165, 1.54) is 4.57 Å². The van der Waals surface area contributed by atoms with Gasteiger partial charge in [-0.15, -0.1) is 0 Å². The van der Waals surface area contributed by atoms with Crippen LogP contribution in [0.25, 0.3) is 11.3 Å². The monoisotopic (exact) mass is 282 g/mol. The molecule has 0 amide bonds. The van der Waals surface area contributed by atoms with Gasteiger partial charge in [0.1, 0.15) is 0 Å². The van der Waals surface area contributed by atoms with E-state index in [4.69, 9.17) is 28.9 Å². The minimum absolute atomic E-state index is 0.110. The van der Waals surface area contributed by atoms with Gasteiger partial charge in [0.15, 0.2) is 0 Å². The predicted molar refractivity (Wildman–Crippen MR) is 75.0 cm³/mol. The van der Waals surface area contributed by atoms with Gasteiger partial charge in [0.25, 0.3) is 5.56 Å². The second-order valence-corrected chi connectivity index (χ2v) is 4.78. The van der Waals surface area contributed by atoms with Crippen molar-refractivity contribution in [2.24, 2.45) is 12.8 Å². The summed E-state index contributed by atoms with van der Waals surface area (Å²) in [4.78, 5) is 12.0. The van der Waals surface area contributed by atoms with Gasteiger partial charge in [0, 0.05) is 29.7 Å². The van der Waals surface area contributed by atoms with Crippen molar-refractivity contribution in [3.05, 3.63) is 56.3 Å². The molecule has 0 unspecified atom stereocenters. The van der Waals surface area contributed by atoms with E-state index in [1.807, 2.05) is 6.07 Å². The number of aromatic nitrogens is 1. The van der Waals surface area contributed by atoms with Crippen LogP contribution in [0.3, 0.4) is 0 Å². The van der Waals surface area contributed by atoms with E-state index in [0.717, 1.165) is 11.3 Å². The maximum Gasteiger partial charge on any atom is 0.255 e. The van der Waals surface area contributed by atoms with Crippen molar-refractivity contribution < 1.29 is 0 Å². The van der Waals surface area contributed by atoms with Crippen molar-refractivity contribution >= 4 is 23.2 Å². The second-order valence-electron chi connectivity index (χ2n) is 3.94. The molecule has 2 N–H and O–H groups in total.